The predicted molar refractivity (Wildman–Crippen MR) is 95.8 cm³/mol. The number of benzene rings is 1. The van der Waals surface area contributed by atoms with Gasteiger partial charge in [-0.15, -0.1) is 0 Å². The van der Waals surface area contributed by atoms with Crippen LogP contribution in [0.5, 0.6) is 17.2 Å². The summed E-state index contributed by atoms with van der Waals surface area (Å²) in [5, 5.41) is 6.52. The van der Waals surface area contributed by atoms with Crippen molar-refractivity contribution in [3.8, 4) is 17.2 Å². The predicted octanol–water partition coefficient (Wildman–Crippen LogP) is 2.51. The highest BCUT2D eigenvalue weighted by Gasteiger charge is 2.20. The monoisotopic (exact) mass is 348 g/mol. The maximum atomic E-state index is 12.4. The molecule has 25 heavy (non-hydrogen) atoms. The minimum absolute atomic E-state index is 0.127. The van der Waals surface area contributed by atoms with Gasteiger partial charge in [0.15, 0.2) is 11.5 Å². The Labute approximate surface area is 149 Å². The van der Waals surface area contributed by atoms with Crippen molar-refractivity contribution in [1.29, 1.82) is 0 Å². The van der Waals surface area contributed by atoms with Crippen LogP contribution >= 0.6 is 0 Å². The lowest BCUT2D eigenvalue weighted by molar-refractivity contribution is 0.0951. The molecule has 1 saturated carbocycles. The molecule has 0 aromatic heterocycles. The molecule has 1 aliphatic heterocycles. The molecule has 6 heteroatoms. The van der Waals surface area contributed by atoms with E-state index in [9.17, 15) is 4.79 Å². The number of fused-ring (bicyclic) bond motifs is 1. The lowest BCUT2D eigenvalue weighted by Gasteiger charge is -2.21. The fourth-order valence-electron chi connectivity index (χ4n) is 3.44. The first kappa shape index (κ1) is 17.9. The molecule has 0 saturated heterocycles. The summed E-state index contributed by atoms with van der Waals surface area (Å²) < 4.78 is 16.5. The summed E-state index contributed by atoms with van der Waals surface area (Å²) in [6.07, 6.45) is 7.80. The molecule has 0 bridgehead atoms. The third kappa shape index (κ3) is 4.78. The van der Waals surface area contributed by atoms with E-state index in [0.29, 0.717) is 48.6 Å². The second-order valence-electron chi connectivity index (χ2n) is 6.60. The van der Waals surface area contributed by atoms with E-state index >= 15 is 0 Å². The van der Waals surface area contributed by atoms with E-state index in [0.717, 1.165) is 6.54 Å². The largest absolute Gasteiger partial charge is 0.493 e. The molecule has 0 atom stereocenters. The summed E-state index contributed by atoms with van der Waals surface area (Å²) >= 11 is 0. The number of carbonyl (C=O) groups excluding carboxylic acids is 1. The van der Waals surface area contributed by atoms with Gasteiger partial charge in [-0.1, -0.05) is 25.7 Å². The smallest absolute Gasteiger partial charge is 0.251 e. The molecule has 0 spiro atoms. The van der Waals surface area contributed by atoms with E-state index in [4.69, 9.17) is 14.2 Å². The highest BCUT2D eigenvalue weighted by molar-refractivity contribution is 5.95. The Morgan fingerprint density at radius 1 is 1.12 bits per heavy atom. The number of methoxy groups -OCH3 is 1. The molecule has 3 rings (SSSR count). The number of hydrogen-bond acceptors (Lipinski definition) is 5. The molecule has 1 aromatic carbocycles. The maximum Gasteiger partial charge on any atom is 0.251 e. The van der Waals surface area contributed by atoms with E-state index < -0.39 is 0 Å². The first-order valence-electron chi connectivity index (χ1n) is 9.27. The van der Waals surface area contributed by atoms with E-state index in [1.165, 1.54) is 38.5 Å². The van der Waals surface area contributed by atoms with Crippen LogP contribution in [0.4, 0.5) is 0 Å². The van der Waals surface area contributed by atoms with Crippen LogP contribution in [0.15, 0.2) is 12.1 Å². The van der Waals surface area contributed by atoms with Crippen LogP contribution in [-0.2, 0) is 0 Å². The first-order chi connectivity index (χ1) is 12.3. The van der Waals surface area contributed by atoms with E-state index in [1.54, 1.807) is 19.2 Å². The van der Waals surface area contributed by atoms with Crippen molar-refractivity contribution in [1.82, 2.24) is 10.6 Å². The summed E-state index contributed by atoms with van der Waals surface area (Å²) in [4.78, 5) is 12.4. The zero-order valence-electron chi connectivity index (χ0n) is 14.9. The fourth-order valence-corrected chi connectivity index (χ4v) is 3.44. The van der Waals surface area contributed by atoms with Gasteiger partial charge in [-0.25, -0.2) is 0 Å². The molecule has 1 amide bonds. The standard InChI is InChI=1S/C19H28N2O4/c1-23-16-12-14(13-17-18(16)25-11-10-24-17)19(22)21-9-8-20-15-6-4-2-3-5-7-15/h12-13,15,20H,2-11H2,1H3,(H,21,22). The molecule has 6 nitrogen and oxygen atoms in total. The topological polar surface area (TPSA) is 68.8 Å². The van der Waals surface area contributed by atoms with Gasteiger partial charge in [0.1, 0.15) is 13.2 Å². The Hall–Kier alpha value is -1.95. The zero-order valence-corrected chi connectivity index (χ0v) is 14.9. The highest BCUT2D eigenvalue weighted by atomic mass is 16.6. The Morgan fingerprint density at radius 3 is 2.64 bits per heavy atom. The SMILES string of the molecule is COc1cc(C(=O)NCCNC2CCCCCC2)cc2c1OCCO2. The summed E-state index contributed by atoms with van der Waals surface area (Å²) in [6.45, 7) is 2.36. The van der Waals surface area contributed by atoms with Crippen molar-refractivity contribution in [2.45, 2.75) is 44.6 Å². The van der Waals surface area contributed by atoms with Gasteiger partial charge in [0.05, 0.1) is 7.11 Å². The van der Waals surface area contributed by atoms with Crippen molar-refractivity contribution in [2.75, 3.05) is 33.4 Å². The molecule has 1 aliphatic carbocycles. The highest BCUT2D eigenvalue weighted by Crippen LogP contribution is 2.40. The summed E-state index contributed by atoms with van der Waals surface area (Å²) in [5.74, 6) is 1.53. The summed E-state index contributed by atoms with van der Waals surface area (Å²) in [6, 6.07) is 4.00. The second kappa shape index (κ2) is 8.94. The van der Waals surface area contributed by atoms with Crippen molar-refractivity contribution in [3.63, 3.8) is 0 Å². The van der Waals surface area contributed by atoms with Gasteiger partial charge in [-0.2, -0.15) is 0 Å². The number of nitrogens with one attached hydrogen (secondary N) is 2. The van der Waals surface area contributed by atoms with Gasteiger partial charge >= 0.3 is 0 Å². The van der Waals surface area contributed by atoms with Gasteiger partial charge in [-0.05, 0) is 25.0 Å². The molecular formula is C19H28N2O4. The molecule has 1 aromatic rings. The summed E-state index contributed by atoms with van der Waals surface area (Å²) in [7, 11) is 1.56. The molecule has 0 radical (unpaired) electrons. The lowest BCUT2D eigenvalue weighted by atomic mass is 10.1. The average Bonchev–Trinajstić information content (AvgIpc) is 2.93. The third-order valence-corrected chi connectivity index (χ3v) is 4.79. The summed E-state index contributed by atoms with van der Waals surface area (Å²) in [5.41, 5.74) is 0.524. The minimum Gasteiger partial charge on any atom is -0.493 e. The van der Waals surface area contributed by atoms with Crippen LogP contribution in [0.1, 0.15) is 48.9 Å². The Bertz CT molecular complexity index is 566. The van der Waals surface area contributed by atoms with Gasteiger partial charge in [0.2, 0.25) is 5.75 Å². The van der Waals surface area contributed by atoms with E-state index in [2.05, 4.69) is 10.6 Å². The fraction of sp³-hybridized carbons (Fsp3) is 0.632. The van der Waals surface area contributed by atoms with Crippen molar-refractivity contribution in [2.24, 2.45) is 0 Å². The third-order valence-electron chi connectivity index (χ3n) is 4.79. The Morgan fingerprint density at radius 2 is 1.88 bits per heavy atom. The molecule has 2 aliphatic rings. The first-order valence-corrected chi connectivity index (χ1v) is 9.27. The van der Waals surface area contributed by atoms with E-state index in [1.807, 2.05) is 0 Å². The molecule has 0 unspecified atom stereocenters. The molecule has 1 fully saturated rings. The van der Waals surface area contributed by atoms with Crippen LogP contribution in [0, 0.1) is 0 Å². The normalized spacial score (nSPS) is 17.6. The van der Waals surface area contributed by atoms with Crippen molar-refractivity contribution in [3.05, 3.63) is 17.7 Å². The molecule has 1 heterocycles. The van der Waals surface area contributed by atoms with Crippen LogP contribution in [-0.4, -0.2) is 45.4 Å². The minimum atomic E-state index is -0.127. The lowest BCUT2D eigenvalue weighted by Crippen LogP contribution is -2.36. The van der Waals surface area contributed by atoms with Crippen molar-refractivity contribution >= 4 is 5.91 Å². The quantitative estimate of drug-likeness (QED) is 0.611. The Kier molecular flexibility index (Phi) is 6.39. The number of rotatable bonds is 6. The van der Waals surface area contributed by atoms with Gasteiger partial charge in [0.25, 0.3) is 5.91 Å². The van der Waals surface area contributed by atoms with Gasteiger partial charge < -0.3 is 24.8 Å². The van der Waals surface area contributed by atoms with E-state index in [-0.39, 0.29) is 5.91 Å². The van der Waals surface area contributed by atoms with Gasteiger partial charge in [-0.3, -0.25) is 4.79 Å². The van der Waals surface area contributed by atoms with Gasteiger partial charge in [0, 0.05) is 24.7 Å². The molecule has 2 N–H and O–H groups in total. The number of hydrogen-bond donors (Lipinski definition) is 2. The number of carbonyl (C=O) groups is 1. The maximum absolute atomic E-state index is 12.4. The number of amides is 1. The Balaban J connectivity index is 1.51. The molecule has 138 valence electrons. The van der Waals surface area contributed by atoms with Crippen LogP contribution in [0.25, 0.3) is 0 Å². The van der Waals surface area contributed by atoms with Crippen LogP contribution in [0.3, 0.4) is 0 Å². The zero-order chi connectivity index (χ0) is 17.5. The van der Waals surface area contributed by atoms with Crippen molar-refractivity contribution < 1.29 is 19.0 Å². The average molecular weight is 348 g/mol. The van der Waals surface area contributed by atoms with Crippen LogP contribution < -0.4 is 24.8 Å². The number of ether oxygens (including phenoxy) is 3. The molecular weight excluding hydrogens is 320 g/mol. The second-order valence-corrected chi connectivity index (χ2v) is 6.60. The van der Waals surface area contributed by atoms with Crippen LogP contribution in [0.2, 0.25) is 0 Å².